The van der Waals surface area contributed by atoms with E-state index in [4.69, 9.17) is 16.7 Å². The van der Waals surface area contributed by atoms with Crippen molar-refractivity contribution in [2.45, 2.75) is 6.42 Å². The van der Waals surface area contributed by atoms with Gasteiger partial charge in [0, 0.05) is 11.4 Å². The van der Waals surface area contributed by atoms with Crippen LogP contribution < -0.4 is 0 Å². The van der Waals surface area contributed by atoms with Gasteiger partial charge in [0.05, 0.1) is 5.56 Å². The molecule has 0 bridgehead atoms. The minimum Gasteiger partial charge on any atom is -0.508 e. The van der Waals surface area contributed by atoms with Gasteiger partial charge in [0.15, 0.2) is 0 Å². The van der Waals surface area contributed by atoms with E-state index in [0.29, 0.717) is 22.6 Å². The second-order valence-electron chi connectivity index (χ2n) is 3.91. The minimum absolute atomic E-state index is 0.111. The molecule has 2 aromatic rings. The predicted molar refractivity (Wildman–Crippen MR) is 69.3 cm³/mol. The lowest BCUT2D eigenvalue weighted by Crippen LogP contribution is -2.02. The molecule has 92 valence electrons. The number of hydrogen-bond donors (Lipinski definition) is 2. The first kappa shape index (κ1) is 12.5. The number of benzene rings is 2. The van der Waals surface area contributed by atoms with Crippen LogP contribution in [-0.4, -0.2) is 16.2 Å². The molecule has 3 nitrogen and oxygen atoms in total. The second-order valence-corrected chi connectivity index (χ2v) is 4.35. The molecule has 0 saturated heterocycles. The smallest absolute Gasteiger partial charge is 0.335 e. The van der Waals surface area contributed by atoms with Gasteiger partial charge in [0.1, 0.15) is 5.75 Å². The number of aromatic hydroxyl groups is 1. The molecule has 0 aromatic heterocycles. The number of carboxylic acid groups (broad SMARTS) is 1. The van der Waals surface area contributed by atoms with Crippen molar-refractivity contribution in [2.75, 3.05) is 0 Å². The van der Waals surface area contributed by atoms with Crippen molar-refractivity contribution in [3.05, 3.63) is 64.2 Å². The molecule has 0 spiro atoms. The number of aromatic carboxylic acids is 1. The number of phenols is 1. The standard InChI is InChI=1S/C14H11ClO3/c15-11-5-6-13(16)10(8-11)7-9-3-1-2-4-12(9)14(17)18/h1-6,8,16H,7H2,(H,17,18). The highest BCUT2D eigenvalue weighted by Gasteiger charge is 2.11. The third kappa shape index (κ3) is 2.63. The summed E-state index contributed by atoms with van der Waals surface area (Å²) in [6.45, 7) is 0. The Kier molecular flexibility index (Phi) is 3.53. The topological polar surface area (TPSA) is 57.5 Å². The monoisotopic (exact) mass is 262 g/mol. The molecular weight excluding hydrogens is 252 g/mol. The number of rotatable bonds is 3. The summed E-state index contributed by atoms with van der Waals surface area (Å²) in [5.41, 5.74) is 1.48. The molecule has 0 heterocycles. The zero-order valence-corrected chi connectivity index (χ0v) is 10.2. The molecule has 0 unspecified atom stereocenters. The number of halogens is 1. The molecule has 18 heavy (non-hydrogen) atoms. The highest BCUT2D eigenvalue weighted by Crippen LogP contribution is 2.25. The molecular formula is C14H11ClO3. The van der Waals surface area contributed by atoms with E-state index in [1.54, 1.807) is 36.4 Å². The van der Waals surface area contributed by atoms with Gasteiger partial charge >= 0.3 is 5.97 Å². The number of carbonyl (C=O) groups is 1. The summed E-state index contributed by atoms with van der Waals surface area (Å²) >= 11 is 5.86. The molecule has 0 atom stereocenters. The molecule has 0 fully saturated rings. The fourth-order valence-corrected chi connectivity index (χ4v) is 1.98. The van der Waals surface area contributed by atoms with Crippen molar-refractivity contribution in [3.8, 4) is 5.75 Å². The number of carboxylic acids is 1. The van der Waals surface area contributed by atoms with Crippen LogP contribution in [0.1, 0.15) is 21.5 Å². The third-order valence-electron chi connectivity index (χ3n) is 2.67. The predicted octanol–water partition coefficient (Wildman–Crippen LogP) is 3.33. The van der Waals surface area contributed by atoms with Crippen molar-refractivity contribution in [2.24, 2.45) is 0 Å². The first-order valence-corrected chi connectivity index (χ1v) is 5.74. The number of phenolic OH excluding ortho intramolecular Hbond substituents is 1. The Bertz CT molecular complexity index is 593. The molecule has 0 saturated carbocycles. The molecule has 2 aromatic carbocycles. The summed E-state index contributed by atoms with van der Waals surface area (Å²) in [6, 6.07) is 11.4. The Balaban J connectivity index is 2.40. The Morgan fingerprint density at radius 3 is 2.56 bits per heavy atom. The molecule has 4 heteroatoms. The maximum Gasteiger partial charge on any atom is 0.335 e. The highest BCUT2D eigenvalue weighted by atomic mass is 35.5. The maximum absolute atomic E-state index is 11.1. The SMILES string of the molecule is O=C(O)c1ccccc1Cc1cc(Cl)ccc1O. The van der Waals surface area contributed by atoms with Crippen LogP contribution in [0.5, 0.6) is 5.75 Å². The van der Waals surface area contributed by atoms with E-state index in [9.17, 15) is 9.90 Å². The first-order valence-electron chi connectivity index (χ1n) is 5.36. The van der Waals surface area contributed by atoms with Crippen molar-refractivity contribution < 1.29 is 15.0 Å². The summed E-state index contributed by atoms with van der Waals surface area (Å²) in [7, 11) is 0. The van der Waals surface area contributed by atoms with Crippen LogP contribution in [0.4, 0.5) is 0 Å². The van der Waals surface area contributed by atoms with Crippen molar-refractivity contribution >= 4 is 17.6 Å². The summed E-state index contributed by atoms with van der Waals surface area (Å²) in [6.07, 6.45) is 0.328. The Morgan fingerprint density at radius 2 is 1.83 bits per heavy atom. The molecule has 0 amide bonds. The van der Waals surface area contributed by atoms with E-state index in [1.807, 2.05) is 0 Å². The summed E-state index contributed by atoms with van der Waals surface area (Å²) in [5, 5.41) is 19.3. The fraction of sp³-hybridized carbons (Fsp3) is 0.0714. The van der Waals surface area contributed by atoms with Gasteiger partial charge in [-0.1, -0.05) is 29.8 Å². The van der Waals surface area contributed by atoms with Crippen LogP contribution in [-0.2, 0) is 6.42 Å². The van der Waals surface area contributed by atoms with Gasteiger partial charge in [-0.25, -0.2) is 4.79 Å². The van der Waals surface area contributed by atoms with E-state index in [0.717, 1.165) is 0 Å². The Labute approximate surface area is 109 Å². The zero-order chi connectivity index (χ0) is 13.1. The van der Waals surface area contributed by atoms with Gasteiger partial charge in [-0.05, 0) is 35.4 Å². The average molecular weight is 263 g/mol. The zero-order valence-electron chi connectivity index (χ0n) is 9.43. The van der Waals surface area contributed by atoms with Gasteiger partial charge < -0.3 is 10.2 Å². The summed E-state index contributed by atoms with van der Waals surface area (Å²) < 4.78 is 0. The van der Waals surface area contributed by atoms with Crippen LogP contribution in [0.25, 0.3) is 0 Å². The molecule has 0 aliphatic rings. The van der Waals surface area contributed by atoms with Crippen LogP contribution in [0.15, 0.2) is 42.5 Å². The van der Waals surface area contributed by atoms with Gasteiger partial charge in [-0.2, -0.15) is 0 Å². The van der Waals surface area contributed by atoms with Crippen LogP contribution in [0, 0.1) is 0 Å². The maximum atomic E-state index is 11.1. The summed E-state index contributed by atoms with van der Waals surface area (Å²) in [5.74, 6) is -0.869. The van der Waals surface area contributed by atoms with Crippen molar-refractivity contribution in [3.63, 3.8) is 0 Å². The van der Waals surface area contributed by atoms with E-state index < -0.39 is 5.97 Å². The van der Waals surface area contributed by atoms with Crippen LogP contribution in [0.2, 0.25) is 5.02 Å². The Morgan fingerprint density at radius 1 is 1.11 bits per heavy atom. The van der Waals surface area contributed by atoms with E-state index in [1.165, 1.54) is 6.07 Å². The molecule has 0 radical (unpaired) electrons. The first-order chi connectivity index (χ1) is 8.58. The lowest BCUT2D eigenvalue weighted by molar-refractivity contribution is 0.0696. The van der Waals surface area contributed by atoms with Crippen LogP contribution in [0.3, 0.4) is 0 Å². The lowest BCUT2D eigenvalue weighted by Gasteiger charge is -2.08. The number of hydrogen-bond acceptors (Lipinski definition) is 2. The van der Waals surface area contributed by atoms with E-state index in [2.05, 4.69) is 0 Å². The quantitative estimate of drug-likeness (QED) is 0.892. The van der Waals surface area contributed by atoms with Crippen molar-refractivity contribution in [1.29, 1.82) is 0 Å². The molecule has 2 rings (SSSR count). The van der Waals surface area contributed by atoms with Gasteiger partial charge in [-0.3, -0.25) is 0 Å². The summed E-state index contributed by atoms with van der Waals surface area (Å²) in [4.78, 5) is 11.1. The van der Waals surface area contributed by atoms with Gasteiger partial charge in [-0.15, -0.1) is 0 Å². The van der Waals surface area contributed by atoms with Gasteiger partial charge in [0.25, 0.3) is 0 Å². The minimum atomic E-state index is -0.980. The lowest BCUT2D eigenvalue weighted by atomic mass is 9.99. The molecule has 0 aliphatic carbocycles. The normalized spacial score (nSPS) is 10.3. The van der Waals surface area contributed by atoms with Crippen molar-refractivity contribution in [1.82, 2.24) is 0 Å². The molecule has 0 aliphatic heterocycles. The van der Waals surface area contributed by atoms with Gasteiger partial charge in [0.2, 0.25) is 0 Å². The van der Waals surface area contributed by atoms with E-state index in [-0.39, 0.29) is 11.3 Å². The van der Waals surface area contributed by atoms with E-state index >= 15 is 0 Å². The molecule has 2 N–H and O–H groups in total. The Hall–Kier alpha value is -2.00. The third-order valence-corrected chi connectivity index (χ3v) is 2.91. The second kappa shape index (κ2) is 5.10. The fourth-order valence-electron chi connectivity index (χ4n) is 1.78. The van der Waals surface area contributed by atoms with Crippen LogP contribution >= 0.6 is 11.6 Å². The highest BCUT2D eigenvalue weighted by molar-refractivity contribution is 6.30. The average Bonchev–Trinajstić information content (AvgIpc) is 2.34. The largest absolute Gasteiger partial charge is 0.508 e.